The van der Waals surface area contributed by atoms with E-state index < -0.39 is 0 Å². The second-order valence-electron chi connectivity index (χ2n) is 11.3. The van der Waals surface area contributed by atoms with Crippen molar-refractivity contribution in [2.24, 2.45) is 0 Å². The lowest BCUT2D eigenvalue weighted by molar-refractivity contribution is 0.667. The van der Waals surface area contributed by atoms with Crippen LogP contribution >= 0.6 is 11.3 Å². The summed E-state index contributed by atoms with van der Waals surface area (Å²) in [4.78, 5) is 10.6. The highest BCUT2D eigenvalue weighted by molar-refractivity contribution is 7.26. The zero-order valence-electron chi connectivity index (χ0n) is 23.4. The van der Waals surface area contributed by atoms with Crippen LogP contribution in [0.5, 0.6) is 0 Å². The van der Waals surface area contributed by atoms with Crippen molar-refractivity contribution in [1.82, 2.24) is 9.97 Å². The molecule has 3 heterocycles. The van der Waals surface area contributed by atoms with E-state index in [4.69, 9.17) is 14.4 Å². The Morgan fingerprint density at radius 1 is 0.477 bits per heavy atom. The Balaban J connectivity index is 1.32. The maximum Gasteiger partial charge on any atom is 0.180 e. The van der Waals surface area contributed by atoms with Crippen LogP contribution < -0.4 is 0 Å². The largest absolute Gasteiger partial charge is 0.452 e. The van der Waals surface area contributed by atoms with E-state index in [-0.39, 0.29) is 0 Å². The Morgan fingerprint density at radius 2 is 1.11 bits per heavy atom. The van der Waals surface area contributed by atoms with Crippen LogP contribution in [0.2, 0.25) is 0 Å². The first kappa shape index (κ1) is 23.9. The van der Waals surface area contributed by atoms with E-state index in [1.54, 1.807) is 0 Å². The smallest absolute Gasteiger partial charge is 0.180 e. The Kier molecular flexibility index (Phi) is 4.87. The normalized spacial score (nSPS) is 12.1. The summed E-state index contributed by atoms with van der Waals surface area (Å²) in [5.41, 5.74) is 7.46. The topological polar surface area (TPSA) is 38.9 Å². The van der Waals surface area contributed by atoms with Gasteiger partial charge in [0.2, 0.25) is 0 Å². The van der Waals surface area contributed by atoms with Crippen molar-refractivity contribution < 1.29 is 4.42 Å². The van der Waals surface area contributed by atoms with Crippen LogP contribution in [0.25, 0.3) is 97.6 Å². The Morgan fingerprint density at radius 3 is 1.98 bits per heavy atom. The van der Waals surface area contributed by atoms with Gasteiger partial charge in [-0.25, -0.2) is 9.97 Å². The molecule has 0 fully saturated rings. The van der Waals surface area contributed by atoms with E-state index in [9.17, 15) is 0 Å². The quantitative estimate of drug-likeness (QED) is 0.196. The number of rotatable bonds is 3. The van der Waals surface area contributed by atoms with Gasteiger partial charge < -0.3 is 4.42 Å². The van der Waals surface area contributed by atoms with E-state index in [2.05, 4.69) is 109 Å². The van der Waals surface area contributed by atoms with E-state index in [1.165, 1.54) is 41.7 Å². The lowest BCUT2D eigenvalue weighted by Gasteiger charge is -2.14. The molecule has 0 aliphatic carbocycles. The van der Waals surface area contributed by atoms with Crippen LogP contribution in [0, 0.1) is 0 Å². The molecule has 7 aromatic carbocycles. The summed E-state index contributed by atoms with van der Waals surface area (Å²) in [6.07, 6.45) is 0. The van der Waals surface area contributed by atoms with Gasteiger partial charge in [0.25, 0.3) is 0 Å². The molecule has 0 unspecified atom stereocenters. The summed E-state index contributed by atoms with van der Waals surface area (Å²) in [6, 6.07) is 47.0. The molecule has 0 atom stereocenters. The summed E-state index contributed by atoms with van der Waals surface area (Å²) in [5.74, 6) is 0.698. The number of para-hydroxylation sites is 1. The molecular weight excluding hydrogens is 557 g/mol. The average Bonchev–Trinajstić information content (AvgIpc) is 3.67. The molecular formula is C40H22N2OS. The lowest BCUT2D eigenvalue weighted by Crippen LogP contribution is -1.95. The van der Waals surface area contributed by atoms with Gasteiger partial charge in [-0.05, 0) is 57.6 Å². The highest BCUT2D eigenvalue weighted by Gasteiger charge is 2.22. The van der Waals surface area contributed by atoms with Crippen LogP contribution in [0.3, 0.4) is 0 Å². The van der Waals surface area contributed by atoms with E-state index in [0.717, 1.165) is 44.4 Å². The fourth-order valence-corrected chi connectivity index (χ4v) is 8.09. The van der Waals surface area contributed by atoms with Crippen LogP contribution in [-0.2, 0) is 0 Å². The zero-order valence-corrected chi connectivity index (χ0v) is 24.2. The molecule has 0 saturated heterocycles. The summed E-state index contributed by atoms with van der Waals surface area (Å²) < 4.78 is 9.11. The first-order valence-electron chi connectivity index (χ1n) is 14.8. The van der Waals surface area contributed by atoms with Crippen molar-refractivity contribution in [1.29, 1.82) is 0 Å². The molecule has 3 aromatic heterocycles. The van der Waals surface area contributed by atoms with Crippen molar-refractivity contribution in [2.75, 3.05) is 0 Å². The van der Waals surface area contributed by atoms with Crippen molar-refractivity contribution >= 4 is 75.1 Å². The van der Waals surface area contributed by atoms with Crippen LogP contribution in [-0.4, -0.2) is 9.97 Å². The Bertz CT molecular complexity index is 2720. The second kappa shape index (κ2) is 8.96. The molecule has 0 bridgehead atoms. The molecule has 10 rings (SSSR count). The number of benzene rings is 7. The average molecular weight is 579 g/mol. The molecule has 10 aromatic rings. The molecule has 0 aliphatic heterocycles. The van der Waals surface area contributed by atoms with Gasteiger partial charge in [-0.3, -0.25) is 0 Å². The fraction of sp³-hybridized carbons (Fsp3) is 0. The van der Waals surface area contributed by atoms with Crippen molar-refractivity contribution in [3.05, 3.63) is 133 Å². The molecule has 0 radical (unpaired) electrons. The van der Waals surface area contributed by atoms with Gasteiger partial charge in [0.05, 0.1) is 0 Å². The maximum atomic E-state index is 6.48. The van der Waals surface area contributed by atoms with Gasteiger partial charge in [-0.2, -0.15) is 0 Å². The van der Waals surface area contributed by atoms with Crippen LogP contribution in [0.15, 0.2) is 138 Å². The second-order valence-corrected chi connectivity index (χ2v) is 12.4. The van der Waals surface area contributed by atoms with Gasteiger partial charge in [-0.1, -0.05) is 103 Å². The summed E-state index contributed by atoms with van der Waals surface area (Å²) in [5, 5.41) is 8.59. The van der Waals surface area contributed by atoms with Gasteiger partial charge in [-0.15, -0.1) is 11.3 Å². The van der Waals surface area contributed by atoms with Crippen LogP contribution in [0.4, 0.5) is 0 Å². The molecule has 4 heteroatoms. The number of fused-ring (bicyclic) bond motifs is 6. The number of thiophene rings is 1. The molecule has 0 saturated carbocycles. The van der Waals surface area contributed by atoms with Gasteiger partial charge in [0, 0.05) is 42.1 Å². The van der Waals surface area contributed by atoms with E-state index in [1.807, 2.05) is 35.6 Å². The number of furan rings is 1. The van der Waals surface area contributed by atoms with Gasteiger partial charge in [0.1, 0.15) is 16.8 Å². The first-order valence-corrected chi connectivity index (χ1v) is 15.6. The molecule has 44 heavy (non-hydrogen) atoms. The number of aromatic nitrogens is 2. The number of hydrogen-bond acceptors (Lipinski definition) is 4. The zero-order chi connectivity index (χ0) is 28.8. The van der Waals surface area contributed by atoms with Crippen molar-refractivity contribution in [3.63, 3.8) is 0 Å². The Hall–Kier alpha value is -5.58. The standard InChI is InChI=1S/C40H22N2OS/c1-2-10-23(11-3-1)24-12-6-13-25(22-24)37-39-38(28-14-4-5-19-31(28)43-39)42-40(41-37)30-18-7-15-26-27-16-8-20-32-35(27)36-29(34(26)30)17-9-21-33(36)44-32/h1-22H. The SMILES string of the molecule is c1ccc(-c2cccc(-c3nc(-c4cccc5c6cccc7sc8cccc(c45)c8c76)nc4c3oc3ccccc34)c2)cc1. The summed E-state index contributed by atoms with van der Waals surface area (Å²) in [7, 11) is 0. The Labute approximate surface area is 256 Å². The molecule has 204 valence electrons. The van der Waals surface area contributed by atoms with Gasteiger partial charge >= 0.3 is 0 Å². The highest BCUT2D eigenvalue weighted by Crippen LogP contribution is 2.47. The predicted molar refractivity (Wildman–Crippen MR) is 185 cm³/mol. The lowest BCUT2D eigenvalue weighted by atomic mass is 9.91. The first-order chi connectivity index (χ1) is 21.8. The fourth-order valence-electron chi connectivity index (χ4n) is 6.94. The molecule has 0 N–H and O–H groups in total. The third kappa shape index (κ3) is 3.31. The van der Waals surface area contributed by atoms with Gasteiger partial charge in [0.15, 0.2) is 11.4 Å². The minimum Gasteiger partial charge on any atom is -0.452 e. The maximum absolute atomic E-state index is 6.48. The van der Waals surface area contributed by atoms with E-state index in [0.29, 0.717) is 11.4 Å². The predicted octanol–water partition coefficient (Wildman–Crippen LogP) is 11.5. The van der Waals surface area contributed by atoms with Crippen molar-refractivity contribution in [3.8, 4) is 33.8 Å². The molecule has 0 amide bonds. The third-order valence-corrected chi connectivity index (χ3v) is 9.97. The van der Waals surface area contributed by atoms with Crippen LogP contribution in [0.1, 0.15) is 0 Å². The molecule has 0 aliphatic rings. The summed E-state index contributed by atoms with van der Waals surface area (Å²) >= 11 is 1.86. The minimum absolute atomic E-state index is 0.698. The number of hydrogen-bond donors (Lipinski definition) is 0. The third-order valence-electron chi connectivity index (χ3n) is 8.85. The minimum atomic E-state index is 0.698. The monoisotopic (exact) mass is 578 g/mol. The highest BCUT2D eigenvalue weighted by atomic mass is 32.1. The molecule has 3 nitrogen and oxygen atoms in total. The summed E-state index contributed by atoms with van der Waals surface area (Å²) in [6.45, 7) is 0. The number of nitrogens with zero attached hydrogens (tertiary/aromatic N) is 2. The van der Waals surface area contributed by atoms with E-state index >= 15 is 0 Å². The molecule has 0 spiro atoms. The van der Waals surface area contributed by atoms with Crippen molar-refractivity contribution in [2.45, 2.75) is 0 Å².